The third kappa shape index (κ3) is 4.74. The molecule has 0 spiro atoms. The van der Waals surface area contributed by atoms with Gasteiger partial charge in [-0.25, -0.2) is 0 Å². The second kappa shape index (κ2) is 8.81. The molecule has 0 saturated carbocycles. The minimum absolute atomic E-state index is 0.0686. The summed E-state index contributed by atoms with van der Waals surface area (Å²) >= 11 is 1.32. The van der Waals surface area contributed by atoms with E-state index in [1.165, 1.54) is 11.3 Å². The highest BCUT2D eigenvalue weighted by Gasteiger charge is 2.23. The maximum atomic E-state index is 12.8. The number of nitrogens with one attached hydrogen (secondary N) is 2. The number of hydrogen-bond acceptors (Lipinski definition) is 4. The number of likely N-dealkylation sites (tertiary alicyclic amines) is 1. The first-order chi connectivity index (χ1) is 13.1. The molecule has 142 valence electrons. The van der Waals surface area contributed by atoms with Crippen LogP contribution in [0.25, 0.3) is 0 Å². The van der Waals surface area contributed by atoms with Crippen molar-refractivity contribution in [3.63, 3.8) is 0 Å². The molecule has 2 heterocycles. The molecule has 3 rings (SSSR count). The largest absolute Gasteiger partial charge is 0.340 e. The number of anilines is 1. The van der Waals surface area contributed by atoms with Gasteiger partial charge in [-0.1, -0.05) is 18.2 Å². The van der Waals surface area contributed by atoms with Crippen molar-refractivity contribution in [2.75, 3.05) is 18.4 Å². The number of carbonyl (C=O) groups is 3. The molecule has 1 aromatic heterocycles. The quantitative estimate of drug-likeness (QED) is 0.830. The van der Waals surface area contributed by atoms with Gasteiger partial charge in [-0.05, 0) is 49.8 Å². The molecule has 0 bridgehead atoms. The summed E-state index contributed by atoms with van der Waals surface area (Å²) in [5.41, 5.74) is 0.944. The van der Waals surface area contributed by atoms with Crippen LogP contribution in [0.15, 0.2) is 41.8 Å². The van der Waals surface area contributed by atoms with Crippen LogP contribution in [-0.4, -0.2) is 41.8 Å². The third-order valence-electron chi connectivity index (χ3n) is 4.54. The number of piperidine rings is 1. The van der Waals surface area contributed by atoms with Gasteiger partial charge in [-0.2, -0.15) is 0 Å². The second-order valence-electron chi connectivity index (χ2n) is 6.56. The predicted molar refractivity (Wildman–Crippen MR) is 106 cm³/mol. The summed E-state index contributed by atoms with van der Waals surface area (Å²) in [5, 5.41) is 7.27. The van der Waals surface area contributed by atoms with Crippen molar-refractivity contribution in [1.29, 1.82) is 0 Å². The highest BCUT2D eigenvalue weighted by Crippen LogP contribution is 2.20. The van der Waals surface area contributed by atoms with Crippen LogP contribution in [0.1, 0.15) is 46.2 Å². The van der Waals surface area contributed by atoms with Crippen molar-refractivity contribution in [2.24, 2.45) is 0 Å². The minimum Gasteiger partial charge on any atom is -0.340 e. The molecule has 2 aromatic rings. The van der Waals surface area contributed by atoms with Gasteiger partial charge in [0.1, 0.15) is 6.04 Å². The third-order valence-corrected chi connectivity index (χ3v) is 5.41. The van der Waals surface area contributed by atoms with E-state index in [-0.39, 0.29) is 17.7 Å². The van der Waals surface area contributed by atoms with Gasteiger partial charge < -0.3 is 15.5 Å². The molecule has 1 atom stereocenters. The Labute approximate surface area is 162 Å². The maximum absolute atomic E-state index is 12.8. The molecule has 2 N–H and O–H groups in total. The summed E-state index contributed by atoms with van der Waals surface area (Å²) in [6.45, 7) is 3.11. The Morgan fingerprint density at radius 3 is 2.48 bits per heavy atom. The van der Waals surface area contributed by atoms with Gasteiger partial charge in [-0.15, -0.1) is 11.3 Å². The van der Waals surface area contributed by atoms with Gasteiger partial charge in [0, 0.05) is 13.1 Å². The van der Waals surface area contributed by atoms with Crippen LogP contribution in [0.2, 0.25) is 0 Å². The van der Waals surface area contributed by atoms with Crippen LogP contribution in [0.3, 0.4) is 0 Å². The predicted octanol–water partition coefficient (Wildman–Crippen LogP) is 3.13. The van der Waals surface area contributed by atoms with E-state index in [9.17, 15) is 14.4 Å². The molecule has 0 radical (unpaired) electrons. The number of para-hydroxylation sites is 1. The Kier molecular flexibility index (Phi) is 6.24. The lowest BCUT2D eigenvalue weighted by Gasteiger charge is -2.27. The van der Waals surface area contributed by atoms with Crippen molar-refractivity contribution in [2.45, 2.75) is 32.2 Å². The number of nitrogens with zero attached hydrogens (tertiary/aromatic N) is 1. The summed E-state index contributed by atoms with van der Waals surface area (Å²) in [6, 6.07) is 9.76. The van der Waals surface area contributed by atoms with E-state index in [2.05, 4.69) is 10.6 Å². The molecule has 0 aliphatic carbocycles. The van der Waals surface area contributed by atoms with Gasteiger partial charge in [-0.3, -0.25) is 14.4 Å². The molecule has 6 nitrogen and oxygen atoms in total. The first-order valence-electron chi connectivity index (χ1n) is 9.10. The van der Waals surface area contributed by atoms with Gasteiger partial charge >= 0.3 is 0 Å². The van der Waals surface area contributed by atoms with Crippen LogP contribution in [0, 0.1) is 0 Å². The Morgan fingerprint density at radius 2 is 1.78 bits per heavy atom. The van der Waals surface area contributed by atoms with E-state index in [1.54, 1.807) is 43.3 Å². The Morgan fingerprint density at radius 1 is 1.04 bits per heavy atom. The number of benzene rings is 1. The highest BCUT2D eigenvalue weighted by atomic mass is 32.1. The van der Waals surface area contributed by atoms with Crippen molar-refractivity contribution < 1.29 is 14.4 Å². The summed E-state index contributed by atoms with van der Waals surface area (Å²) in [6.07, 6.45) is 3.15. The van der Waals surface area contributed by atoms with E-state index in [0.29, 0.717) is 16.1 Å². The van der Waals surface area contributed by atoms with Gasteiger partial charge in [0.2, 0.25) is 5.91 Å². The van der Waals surface area contributed by atoms with Gasteiger partial charge in [0.05, 0.1) is 16.1 Å². The molecule has 7 heteroatoms. The van der Waals surface area contributed by atoms with Crippen molar-refractivity contribution in [3.8, 4) is 0 Å². The molecular weight excluding hydrogens is 362 g/mol. The molecule has 1 aromatic carbocycles. The average molecular weight is 385 g/mol. The van der Waals surface area contributed by atoms with E-state index in [4.69, 9.17) is 0 Å². The maximum Gasteiger partial charge on any atom is 0.261 e. The molecule has 1 unspecified atom stereocenters. The smallest absolute Gasteiger partial charge is 0.261 e. The fraction of sp³-hybridized carbons (Fsp3) is 0.350. The van der Waals surface area contributed by atoms with Crippen molar-refractivity contribution >= 4 is 34.7 Å². The standard InChI is InChI=1S/C20H23N3O3S/c1-14(21-19(25)17-10-7-13-27-17)18(24)22-16-9-4-3-8-15(16)20(26)23-11-5-2-6-12-23/h3-4,7-10,13-14H,2,5-6,11-12H2,1H3,(H,21,25)(H,22,24). The number of amides is 3. The topological polar surface area (TPSA) is 78.5 Å². The molecule has 3 amide bonds. The SMILES string of the molecule is CC(NC(=O)c1cccs1)C(=O)Nc1ccccc1C(=O)N1CCCCC1. The zero-order valence-electron chi connectivity index (χ0n) is 15.2. The van der Waals surface area contributed by atoms with Crippen LogP contribution >= 0.6 is 11.3 Å². The van der Waals surface area contributed by atoms with E-state index in [1.807, 2.05) is 10.3 Å². The molecule has 1 aliphatic rings. The summed E-state index contributed by atoms with van der Waals surface area (Å²) in [4.78, 5) is 39.8. The lowest BCUT2D eigenvalue weighted by Crippen LogP contribution is -2.42. The van der Waals surface area contributed by atoms with E-state index in [0.717, 1.165) is 32.4 Å². The van der Waals surface area contributed by atoms with E-state index >= 15 is 0 Å². The molecule has 1 saturated heterocycles. The summed E-state index contributed by atoms with van der Waals surface area (Å²) in [5.74, 6) is -0.718. The lowest BCUT2D eigenvalue weighted by atomic mass is 10.1. The van der Waals surface area contributed by atoms with Crippen LogP contribution in [0.5, 0.6) is 0 Å². The first kappa shape index (κ1) is 19.1. The van der Waals surface area contributed by atoms with Crippen LogP contribution < -0.4 is 10.6 Å². The Hall–Kier alpha value is -2.67. The molecular formula is C20H23N3O3S. The number of hydrogen-bond donors (Lipinski definition) is 2. The monoisotopic (exact) mass is 385 g/mol. The minimum atomic E-state index is -0.724. The molecule has 27 heavy (non-hydrogen) atoms. The Bertz CT molecular complexity index is 814. The fourth-order valence-corrected chi connectivity index (χ4v) is 3.65. The zero-order valence-corrected chi connectivity index (χ0v) is 16.1. The number of carbonyl (C=O) groups excluding carboxylic acids is 3. The summed E-state index contributed by atoms with van der Waals surface area (Å²) in [7, 11) is 0. The number of thiophene rings is 1. The van der Waals surface area contributed by atoms with Gasteiger partial charge in [0.25, 0.3) is 11.8 Å². The van der Waals surface area contributed by atoms with Crippen LogP contribution in [0.4, 0.5) is 5.69 Å². The van der Waals surface area contributed by atoms with E-state index < -0.39 is 6.04 Å². The zero-order chi connectivity index (χ0) is 19.2. The van der Waals surface area contributed by atoms with Crippen LogP contribution in [-0.2, 0) is 4.79 Å². The normalized spacial score (nSPS) is 15.1. The van der Waals surface area contributed by atoms with Gasteiger partial charge in [0.15, 0.2) is 0 Å². The second-order valence-corrected chi connectivity index (χ2v) is 7.51. The highest BCUT2D eigenvalue weighted by molar-refractivity contribution is 7.12. The molecule has 1 aliphatic heterocycles. The molecule has 1 fully saturated rings. The van der Waals surface area contributed by atoms with Crippen molar-refractivity contribution in [1.82, 2.24) is 10.2 Å². The summed E-state index contributed by atoms with van der Waals surface area (Å²) < 4.78 is 0. The first-order valence-corrected chi connectivity index (χ1v) is 9.98. The lowest BCUT2D eigenvalue weighted by molar-refractivity contribution is -0.117. The fourth-order valence-electron chi connectivity index (χ4n) is 3.03. The Balaban J connectivity index is 1.67. The number of rotatable bonds is 5. The average Bonchev–Trinajstić information content (AvgIpc) is 3.23. The van der Waals surface area contributed by atoms with Crippen molar-refractivity contribution in [3.05, 3.63) is 52.2 Å².